The highest BCUT2D eigenvalue weighted by Gasteiger charge is 2.36. The van der Waals surface area contributed by atoms with Gasteiger partial charge in [-0.05, 0) is 13.0 Å². The molecule has 0 atom stereocenters. The van der Waals surface area contributed by atoms with Gasteiger partial charge in [-0.1, -0.05) is 11.6 Å². The molecule has 3 heterocycles. The average molecular weight is 400 g/mol. The molecule has 2 N–H and O–H groups in total. The van der Waals surface area contributed by atoms with Crippen LogP contribution in [0.2, 0.25) is 5.15 Å². The molecule has 0 radical (unpaired) electrons. The molecule has 0 saturated heterocycles. The average Bonchev–Trinajstić information content (AvgIpc) is 2.96. The largest absolute Gasteiger partial charge is 0.465 e. The van der Waals surface area contributed by atoms with Gasteiger partial charge in [-0.3, -0.25) is 19.1 Å². The number of aryl methyl sites for hydroxylation is 1. The van der Waals surface area contributed by atoms with Crippen LogP contribution in [0, 0.1) is 0 Å². The summed E-state index contributed by atoms with van der Waals surface area (Å²) in [6, 6.07) is 1.25. The molecular formula is C14H14ClN5O5S. The van der Waals surface area contributed by atoms with E-state index < -0.39 is 16.1 Å². The second-order valence-electron chi connectivity index (χ2n) is 5.41. The number of rotatable bonds is 4. The van der Waals surface area contributed by atoms with E-state index in [9.17, 15) is 18.0 Å². The van der Waals surface area contributed by atoms with Crippen molar-refractivity contribution in [3.8, 4) is 0 Å². The normalized spacial score (nSPS) is 14.2. The highest BCUT2D eigenvalue weighted by atomic mass is 35.5. The van der Waals surface area contributed by atoms with Crippen molar-refractivity contribution in [2.75, 3.05) is 16.2 Å². The Bertz CT molecular complexity index is 1000. The summed E-state index contributed by atoms with van der Waals surface area (Å²) in [4.78, 5) is 26.6. The van der Waals surface area contributed by atoms with Gasteiger partial charge in [-0.15, -0.1) is 0 Å². The fourth-order valence-corrected chi connectivity index (χ4v) is 4.49. The summed E-state index contributed by atoms with van der Waals surface area (Å²) >= 11 is 5.97. The zero-order chi connectivity index (χ0) is 19.1. The Hall–Kier alpha value is -2.66. The molecule has 12 heteroatoms. The second-order valence-corrected chi connectivity index (χ2v) is 7.60. The first-order chi connectivity index (χ1) is 12.2. The van der Waals surface area contributed by atoms with E-state index in [2.05, 4.69) is 15.4 Å². The number of carbonyl (C=O) groups excluding carboxylic acids is 1. The Kier molecular flexibility index (Phi) is 4.59. The zero-order valence-electron chi connectivity index (χ0n) is 13.5. The molecule has 3 rings (SSSR count). The number of sulfonamides is 1. The summed E-state index contributed by atoms with van der Waals surface area (Å²) in [5.74, 6) is -0.330. The zero-order valence-corrected chi connectivity index (χ0v) is 15.1. The molecule has 0 aliphatic carbocycles. The van der Waals surface area contributed by atoms with E-state index in [0.29, 0.717) is 6.54 Å². The molecular weight excluding hydrogens is 386 g/mol. The SMILES string of the molecule is CCn1cc(S(=O)(=O)N2CCC(=O)c3ncc(NC(=O)O)cc32)c(Cl)n1. The summed E-state index contributed by atoms with van der Waals surface area (Å²) in [6.07, 6.45) is 1.07. The molecule has 1 amide bonds. The first-order valence-corrected chi connectivity index (χ1v) is 9.34. The maximum Gasteiger partial charge on any atom is 0.409 e. The molecule has 2 aromatic rings. The van der Waals surface area contributed by atoms with Crippen LogP contribution in [0.15, 0.2) is 23.4 Å². The van der Waals surface area contributed by atoms with E-state index in [1.807, 2.05) is 0 Å². The number of nitrogens with zero attached hydrogens (tertiary/aromatic N) is 4. The predicted octanol–water partition coefficient (Wildman–Crippen LogP) is 1.82. The van der Waals surface area contributed by atoms with Crippen LogP contribution < -0.4 is 9.62 Å². The number of Topliss-reactive ketones (excluding diaryl/α,β-unsaturated/α-hetero) is 1. The fourth-order valence-electron chi connectivity index (χ4n) is 2.57. The van der Waals surface area contributed by atoms with E-state index in [1.54, 1.807) is 6.92 Å². The monoisotopic (exact) mass is 399 g/mol. The van der Waals surface area contributed by atoms with E-state index in [-0.39, 0.29) is 45.9 Å². The van der Waals surface area contributed by atoms with Crippen molar-refractivity contribution in [1.29, 1.82) is 0 Å². The van der Waals surface area contributed by atoms with Gasteiger partial charge in [0.2, 0.25) is 0 Å². The molecule has 0 unspecified atom stereocenters. The number of hydrogen-bond donors (Lipinski definition) is 2. The minimum Gasteiger partial charge on any atom is -0.465 e. The summed E-state index contributed by atoms with van der Waals surface area (Å²) in [5, 5.41) is 14.7. The van der Waals surface area contributed by atoms with Gasteiger partial charge in [0.25, 0.3) is 10.0 Å². The molecule has 0 bridgehead atoms. The van der Waals surface area contributed by atoms with E-state index in [4.69, 9.17) is 16.7 Å². The van der Waals surface area contributed by atoms with Crippen molar-refractivity contribution in [3.05, 3.63) is 29.3 Å². The van der Waals surface area contributed by atoms with Crippen LogP contribution in [0.1, 0.15) is 23.8 Å². The maximum absolute atomic E-state index is 13.1. The third-order valence-corrected chi connectivity index (χ3v) is 5.98. The summed E-state index contributed by atoms with van der Waals surface area (Å²) < 4.78 is 28.5. The minimum atomic E-state index is -4.11. The highest BCUT2D eigenvalue weighted by Crippen LogP contribution is 2.34. The molecule has 138 valence electrons. The van der Waals surface area contributed by atoms with E-state index in [1.165, 1.54) is 16.9 Å². The highest BCUT2D eigenvalue weighted by molar-refractivity contribution is 7.93. The molecule has 1 aliphatic heterocycles. The molecule has 0 saturated carbocycles. The molecule has 0 spiro atoms. The quantitative estimate of drug-likeness (QED) is 0.800. The number of carboxylic acid groups (broad SMARTS) is 1. The van der Waals surface area contributed by atoms with E-state index >= 15 is 0 Å². The van der Waals surface area contributed by atoms with Crippen molar-refractivity contribution in [1.82, 2.24) is 14.8 Å². The van der Waals surface area contributed by atoms with Crippen LogP contribution >= 0.6 is 11.6 Å². The van der Waals surface area contributed by atoms with Gasteiger partial charge in [-0.2, -0.15) is 5.10 Å². The van der Waals surface area contributed by atoms with Crippen molar-refractivity contribution < 1.29 is 23.1 Å². The lowest BCUT2D eigenvalue weighted by Gasteiger charge is -2.29. The Balaban J connectivity index is 2.11. The maximum atomic E-state index is 13.1. The number of anilines is 2. The van der Waals surface area contributed by atoms with Gasteiger partial charge in [0.15, 0.2) is 10.9 Å². The Labute approximate surface area is 153 Å². The summed E-state index contributed by atoms with van der Waals surface area (Å²) in [6.45, 7) is 2.10. The molecule has 0 aromatic carbocycles. The molecule has 2 aromatic heterocycles. The van der Waals surface area contributed by atoms with Crippen LogP contribution in [-0.4, -0.2) is 46.7 Å². The second kappa shape index (κ2) is 6.57. The lowest BCUT2D eigenvalue weighted by molar-refractivity contribution is 0.0977. The number of fused-ring (bicyclic) bond motifs is 1. The van der Waals surface area contributed by atoms with Gasteiger partial charge in [0, 0.05) is 25.7 Å². The minimum absolute atomic E-state index is 0.00665. The van der Waals surface area contributed by atoms with Gasteiger partial charge in [0.05, 0.1) is 17.6 Å². The number of halogens is 1. The van der Waals surface area contributed by atoms with Crippen molar-refractivity contribution >= 4 is 44.9 Å². The third kappa shape index (κ3) is 3.10. The van der Waals surface area contributed by atoms with Gasteiger partial charge >= 0.3 is 6.09 Å². The van der Waals surface area contributed by atoms with Crippen molar-refractivity contribution in [3.63, 3.8) is 0 Å². The number of carbonyl (C=O) groups is 2. The van der Waals surface area contributed by atoms with E-state index in [0.717, 1.165) is 10.5 Å². The third-order valence-electron chi connectivity index (χ3n) is 3.77. The van der Waals surface area contributed by atoms with Gasteiger partial charge in [-0.25, -0.2) is 18.2 Å². The summed E-state index contributed by atoms with van der Waals surface area (Å²) in [5.41, 5.74) is -0.0101. The fraction of sp³-hybridized carbons (Fsp3) is 0.286. The number of ketones is 1. The van der Waals surface area contributed by atoms with Crippen molar-refractivity contribution in [2.45, 2.75) is 24.8 Å². The lowest BCUT2D eigenvalue weighted by atomic mass is 10.1. The molecule has 0 fully saturated rings. The number of amides is 1. The van der Waals surface area contributed by atoms with Crippen LogP contribution in [0.3, 0.4) is 0 Å². The van der Waals surface area contributed by atoms with Gasteiger partial charge in [0.1, 0.15) is 10.6 Å². The van der Waals surface area contributed by atoms with Crippen LogP contribution in [0.25, 0.3) is 0 Å². The number of pyridine rings is 1. The van der Waals surface area contributed by atoms with Crippen LogP contribution in [-0.2, 0) is 16.6 Å². The standard InChI is InChI=1S/C14H14ClN5O5S/c1-2-19-7-11(13(15)18-19)26(24,25)20-4-3-10(21)12-9(20)5-8(6-16-12)17-14(22)23/h5-7,17H,2-4H2,1H3,(H,22,23). The Morgan fingerprint density at radius 3 is 2.81 bits per heavy atom. The van der Waals surface area contributed by atoms with Crippen LogP contribution in [0.4, 0.5) is 16.2 Å². The van der Waals surface area contributed by atoms with Gasteiger partial charge < -0.3 is 5.11 Å². The Morgan fingerprint density at radius 2 is 2.19 bits per heavy atom. The smallest absolute Gasteiger partial charge is 0.409 e. The Morgan fingerprint density at radius 1 is 1.46 bits per heavy atom. The predicted molar refractivity (Wildman–Crippen MR) is 92.3 cm³/mol. The topological polar surface area (TPSA) is 134 Å². The first-order valence-electron chi connectivity index (χ1n) is 7.53. The number of nitrogens with one attached hydrogen (secondary N) is 1. The lowest BCUT2D eigenvalue weighted by Crippen LogP contribution is -2.38. The summed E-state index contributed by atoms with van der Waals surface area (Å²) in [7, 11) is -4.11. The van der Waals surface area contributed by atoms with Crippen molar-refractivity contribution in [2.24, 2.45) is 0 Å². The molecule has 26 heavy (non-hydrogen) atoms. The number of aromatic nitrogens is 3. The van der Waals surface area contributed by atoms with Crippen LogP contribution in [0.5, 0.6) is 0 Å². The molecule has 1 aliphatic rings. The number of hydrogen-bond acceptors (Lipinski definition) is 6. The first kappa shape index (κ1) is 18.1. The molecule has 10 nitrogen and oxygen atoms in total.